The van der Waals surface area contributed by atoms with Crippen LogP contribution in [-0.4, -0.2) is 38.8 Å². The smallest absolute Gasteiger partial charge is 0.278 e. The Bertz CT molecular complexity index is 571. The van der Waals surface area contributed by atoms with Crippen molar-refractivity contribution in [3.63, 3.8) is 0 Å². The minimum Gasteiger partial charge on any atom is -0.497 e. The summed E-state index contributed by atoms with van der Waals surface area (Å²) in [6.07, 6.45) is 4.45. The first-order chi connectivity index (χ1) is 11.1. The maximum absolute atomic E-state index is 12.4. The van der Waals surface area contributed by atoms with Crippen molar-refractivity contribution in [1.29, 1.82) is 0 Å². The summed E-state index contributed by atoms with van der Waals surface area (Å²) in [7, 11) is 3.37. The van der Waals surface area contributed by atoms with Crippen LogP contribution >= 0.6 is 0 Å². The number of nitrogens with one attached hydrogen (secondary N) is 2. The number of amides is 1. The van der Waals surface area contributed by atoms with E-state index in [2.05, 4.69) is 11.4 Å². The number of rotatable bonds is 6. The Morgan fingerprint density at radius 1 is 1.26 bits per heavy atom. The molecule has 126 valence electrons. The van der Waals surface area contributed by atoms with Crippen LogP contribution in [0.4, 0.5) is 0 Å². The van der Waals surface area contributed by atoms with E-state index in [1.54, 1.807) is 14.2 Å². The van der Waals surface area contributed by atoms with E-state index in [0.29, 0.717) is 6.04 Å². The number of methoxy groups -OCH3 is 2. The number of carbonyl (C=O) groups is 1. The van der Waals surface area contributed by atoms with Gasteiger partial charge >= 0.3 is 0 Å². The highest BCUT2D eigenvalue weighted by molar-refractivity contribution is 5.80. The molecule has 2 fully saturated rings. The van der Waals surface area contributed by atoms with Gasteiger partial charge in [-0.1, -0.05) is 0 Å². The molecule has 5 nitrogen and oxygen atoms in total. The minimum atomic E-state index is -0.0426. The Balaban J connectivity index is 1.81. The molecular weight excluding hydrogens is 292 g/mol. The van der Waals surface area contributed by atoms with E-state index >= 15 is 0 Å². The van der Waals surface area contributed by atoms with Crippen molar-refractivity contribution >= 4 is 5.91 Å². The highest BCUT2D eigenvalue weighted by Crippen LogP contribution is 2.32. The molecule has 0 aromatic heterocycles. The van der Waals surface area contributed by atoms with Crippen LogP contribution in [0.2, 0.25) is 0 Å². The van der Waals surface area contributed by atoms with Crippen LogP contribution in [0.1, 0.15) is 44.2 Å². The van der Waals surface area contributed by atoms with Gasteiger partial charge in [0.25, 0.3) is 5.91 Å². The number of hydrogen-bond donors (Lipinski definition) is 2. The maximum atomic E-state index is 12.4. The van der Waals surface area contributed by atoms with Gasteiger partial charge in [0.1, 0.15) is 17.5 Å². The zero-order valence-electron chi connectivity index (χ0n) is 14.2. The lowest BCUT2D eigenvalue weighted by Crippen LogP contribution is -3.15. The van der Waals surface area contributed by atoms with Crippen molar-refractivity contribution in [3.8, 4) is 11.5 Å². The third-order valence-corrected chi connectivity index (χ3v) is 5.09. The van der Waals surface area contributed by atoms with E-state index in [1.807, 2.05) is 19.1 Å². The summed E-state index contributed by atoms with van der Waals surface area (Å²) >= 11 is 0. The van der Waals surface area contributed by atoms with E-state index < -0.39 is 0 Å². The third kappa shape index (κ3) is 3.44. The highest BCUT2D eigenvalue weighted by atomic mass is 16.5. The first kappa shape index (κ1) is 16.1. The molecule has 2 N–H and O–H groups in total. The molecule has 1 amide bonds. The number of quaternary nitrogens is 1. The lowest BCUT2D eigenvalue weighted by Gasteiger charge is -2.28. The molecule has 1 saturated carbocycles. The number of benzene rings is 1. The van der Waals surface area contributed by atoms with Gasteiger partial charge in [0.2, 0.25) is 0 Å². The van der Waals surface area contributed by atoms with Crippen LogP contribution < -0.4 is 19.7 Å². The highest BCUT2D eigenvalue weighted by Gasteiger charge is 2.39. The molecule has 1 aliphatic heterocycles. The van der Waals surface area contributed by atoms with Crippen LogP contribution in [0.15, 0.2) is 18.2 Å². The summed E-state index contributed by atoms with van der Waals surface area (Å²) in [5.74, 6) is 1.89. The molecule has 0 radical (unpaired) electrons. The second-order valence-corrected chi connectivity index (χ2v) is 6.63. The van der Waals surface area contributed by atoms with Crippen molar-refractivity contribution in [2.24, 2.45) is 0 Å². The van der Waals surface area contributed by atoms with Gasteiger partial charge in [0.15, 0.2) is 6.04 Å². The molecule has 1 unspecified atom stereocenters. The summed E-state index contributed by atoms with van der Waals surface area (Å²) in [4.78, 5) is 13.8. The lowest BCUT2D eigenvalue weighted by molar-refractivity contribution is -0.932. The van der Waals surface area contributed by atoms with Gasteiger partial charge in [-0.15, -0.1) is 0 Å². The lowest BCUT2D eigenvalue weighted by atomic mass is 10.0. The summed E-state index contributed by atoms with van der Waals surface area (Å²) in [6.45, 7) is 3.06. The second-order valence-electron chi connectivity index (χ2n) is 6.63. The first-order valence-electron chi connectivity index (χ1n) is 8.52. The second kappa shape index (κ2) is 6.79. The number of hydrogen-bond acceptors (Lipinski definition) is 3. The number of carbonyl (C=O) groups excluding carboxylic acids is 1. The average Bonchev–Trinajstić information content (AvgIpc) is 3.25. The normalized spacial score (nSPS) is 25.0. The summed E-state index contributed by atoms with van der Waals surface area (Å²) in [5.41, 5.74) is 1.14. The van der Waals surface area contributed by atoms with Crippen LogP contribution in [0, 0.1) is 0 Å². The van der Waals surface area contributed by atoms with Gasteiger partial charge in [-0.2, -0.15) is 0 Å². The van der Waals surface area contributed by atoms with E-state index in [0.717, 1.165) is 49.3 Å². The van der Waals surface area contributed by atoms with Gasteiger partial charge in [-0.25, -0.2) is 0 Å². The molecule has 3 rings (SSSR count). The van der Waals surface area contributed by atoms with Crippen LogP contribution in [0.5, 0.6) is 11.5 Å². The molecule has 1 aliphatic carbocycles. The van der Waals surface area contributed by atoms with Crippen molar-refractivity contribution in [2.45, 2.75) is 50.7 Å². The summed E-state index contributed by atoms with van der Waals surface area (Å²) in [6, 6.07) is 6.58. The Hall–Kier alpha value is -1.75. The molecular formula is C18H27N2O3+. The predicted octanol–water partition coefficient (Wildman–Crippen LogP) is 1.09. The third-order valence-electron chi connectivity index (χ3n) is 5.09. The molecule has 1 heterocycles. The number of ether oxygens (including phenoxy) is 2. The van der Waals surface area contributed by atoms with Crippen LogP contribution in [0.25, 0.3) is 0 Å². The van der Waals surface area contributed by atoms with E-state index in [9.17, 15) is 4.79 Å². The fourth-order valence-corrected chi connectivity index (χ4v) is 3.58. The molecule has 5 heteroatoms. The van der Waals surface area contributed by atoms with Gasteiger partial charge in [0.05, 0.1) is 26.3 Å². The van der Waals surface area contributed by atoms with E-state index in [4.69, 9.17) is 9.47 Å². The van der Waals surface area contributed by atoms with Crippen molar-refractivity contribution in [3.05, 3.63) is 23.8 Å². The molecule has 1 aromatic rings. The van der Waals surface area contributed by atoms with Gasteiger partial charge in [0, 0.05) is 18.9 Å². The van der Waals surface area contributed by atoms with Gasteiger partial charge in [-0.3, -0.25) is 4.79 Å². The number of likely N-dealkylation sites (tertiary alicyclic amines) is 1. The van der Waals surface area contributed by atoms with Crippen LogP contribution in [-0.2, 0) is 4.79 Å². The fourth-order valence-electron chi connectivity index (χ4n) is 3.58. The average molecular weight is 319 g/mol. The molecule has 1 saturated heterocycles. The van der Waals surface area contributed by atoms with E-state index in [-0.39, 0.29) is 18.0 Å². The SMILES string of the molecule is COc1ccc(OC)c([C@H]2CCC[NH+]2[C@H](C)C(=O)NC2CC2)c1. The van der Waals surface area contributed by atoms with Crippen LogP contribution in [0.3, 0.4) is 0 Å². The summed E-state index contributed by atoms with van der Waals surface area (Å²) < 4.78 is 10.9. The fraction of sp³-hybridized carbons (Fsp3) is 0.611. The molecule has 23 heavy (non-hydrogen) atoms. The quantitative estimate of drug-likeness (QED) is 0.825. The topological polar surface area (TPSA) is 52.0 Å². The Morgan fingerprint density at radius 2 is 2.04 bits per heavy atom. The van der Waals surface area contributed by atoms with E-state index in [1.165, 1.54) is 4.90 Å². The first-order valence-corrected chi connectivity index (χ1v) is 8.52. The van der Waals surface area contributed by atoms with Crippen molar-refractivity contribution in [1.82, 2.24) is 5.32 Å². The summed E-state index contributed by atoms with van der Waals surface area (Å²) in [5, 5.41) is 3.14. The molecule has 1 aromatic carbocycles. The molecule has 2 aliphatic rings. The maximum Gasteiger partial charge on any atom is 0.278 e. The Morgan fingerprint density at radius 3 is 2.70 bits per heavy atom. The predicted molar refractivity (Wildman–Crippen MR) is 88.0 cm³/mol. The zero-order valence-corrected chi connectivity index (χ0v) is 14.2. The van der Waals surface area contributed by atoms with Crippen molar-refractivity contribution in [2.75, 3.05) is 20.8 Å². The zero-order chi connectivity index (χ0) is 16.4. The Kier molecular flexibility index (Phi) is 4.76. The molecule has 0 spiro atoms. The molecule has 3 atom stereocenters. The monoisotopic (exact) mass is 319 g/mol. The standard InChI is InChI=1S/C18H26N2O3/c1-12(18(21)19-13-6-7-13)20-10-4-5-16(20)15-11-14(22-2)8-9-17(15)23-3/h8-9,11-13,16H,4-7,10H2,1-3H3,(H,19,21)/p+1/t12-,16-/m1/s1. The van der Waals surface area contributed by atoms with Gasteiger partial charge in [-0.05, 0) is 38.0 Å². The largest absolute Gasteiger partial charge is 0.497 e. The molecule has 0 bridgehead atoms. The van der Waals surface area contributed by atoms with Crippen molar-refractivity contribution < 1.29 is 19.2 Å². The van der Waals surface area contributed by atoms with Gasteiger partial charge < -0.3 is 19.7 Å². The minimum absolute atomic E-state index is 0.0426. The Labute approximate surface area is 137 Å².